The van der Waals surface area contributed by atoms with Crippen LogP contribution < -0.4 is 0 Å². The Morgan fingerprint density at radius 3 is 2.56 bits per heavy atom. The van der Waals surface area contributed by atoms with Crippen molar-refractivity contribution in [3.63, 3.8) is 0 Å². The zero-order valence-corrected chi connectivity index (χ0v) is 10.6. The molecule has 0 radical (unpaired) electrons. The molecule has 16 heavy (non-hydrogen) atoms. The molecule has 0 atom stereocenters. The number of rotatable bonds is 2. The van der Waals surface area contributed by atoms with Crippen LogP contribution in [0.4, 0.5) is 4.39 Å². The van der Waals surface area contributed by atoms with E-state index in [9.17, 15) is 4.39 Å². The molecule has 1 heterocycles. The van der Waals surface area contributed by atoms with Crippen molar-refractivity contribution in [1.82, 2.24) is 4.98 Å². The lowest BCUT2D eigenvalue weighted by atomic mass is 10.1. The maximum Gasteiger partial charge on any atom is 0.133 e. The van der Waals surface area contributed by atoms with Crippen LogP contribution in [0.15, 0.2) is 36.4 Å². The van der Waals surface area contributed by atoms with Crippen LogP contribution in [0.5, 0.6) is 0 Å². The molecule has 0 aliphatic rings. The monoisotopic (exact) mass is 299 g/mol. The summed E-state index contributed by atoms with van der Waals surface area (Å²) in [6, 6.07) is 10.1. The smallest absolute Gasteiger partial charge is 0.133 e. The predicted molar refractivity (Wildman–Crippen MR) is 67.3 cm³/mol. The number of alkyl halides is 1. The normalized spacial score (nSPS) is 10.4. The Morgan fingerprint density at radius 2 is 1.94 bits per heavy atom. The van der Waals surface area contributed by atoms with Crippen LogP contribution in [-0.4, -0.2) is 4.98 Å². The second kappa shape index (κ2) is 4.93. The number of halogens is 3. The molecular formula is C12H8BrClFN. The van der Waals surface area contributed by atoms with E-state index in [1.54, 1.807) is 24.3 Å². The van der Waals surface area contributed by atoms with Crippen molar-refractivity contribution in [2.75, 3.05) is 0 Å². The molecule has 0 spiro atoms. The standard InChI is InChI=1S/C12H8BrClFN/c13-7-8-5-6-11(16-12(8)14)9-3-1-2-4-10(9)15/h1-6H,7H2. The Morgan fingerprint density at radius 1 is 1.19 bits per heavy atom. The van der Waals surface area contributed by atoms with Crippen molar-refractivity contribution in [3.8, 4) is 11.3 Å². The summed E-state index contributed by atoms with van der Waals surface area (Å²) in [7, 11) is 0. The molecule has 0 aliphatic heterocycles. The van der Waals surface area contributed by atoms with Crippen molar-refractivity contribution in [3.05, 3.63) is 52.9 Å². The highest BCUT2D eigenvalue weighted by molar-refractivity contribution is 9.08. The minimum Gasteiger partial charge on any atom is -0.236 e. The average Bonchev–Trinajstić information content (AvgIpc) is 2.29. The molecule has 0 amide bonds. The van der Waals surface area contributed by atoms with Gasteiger partial charge in [0.1, 0.15) is 11.0 Å². The van der Waals surface area contributed by atoms with E-state index in [4.69, 9.17) is 11.6 Å². The topological polar surface area (TPSA) is 12.9 Å². The van der Waals surface area contributed by atoms with Crippen molar-refractivity contribution < 1.29 is 4.39 Å². The number of benzene rings is 1. The minimum absolute atomic E-state index is 0.294. The van der Waals surface area contributed by atoms with Crippen molar-refractivity contribution >= 4 is 27.5 Å². The molecule has 0 unspecified atom stereocenters. The first-order chi connectivity index (χ1) is 7.72. The largest absolute Gasteiger partial charge is 0.236 e. The Bertz CT molecular complexity index is 516. The maximum absolute atomic E-state index is 13.5. The molecule has 0 saturated heterocycles. The number of hydrogen-bond acceptors (Lipinski definition) is 1. The summed E-state index contributed by atoms with van der Waals surface area (Å²) in [6.07, 6.45) is 0. The average molecular weight is 301 g/mol. The number of nitrogens with zero attached hydrogens (tertiary/aromatic N) is 1. The Kier molecular flexibility index (Phi) is 3.56. The highest BCUT2D eigenvalue weighted by atomic mass is 79.9. The fraction of sp³-hybridized carbons (Fsp3) is 0.0833. The van der Waals surface area contributed by atoms with Crippen LogP contribution in [0.3, 0.4) is 0 Å². The first-order valence-electron chi connectivity index (χ1n) is 4.68. The van der Waals surface area contributed by atoms with Gasteiger partial charge in [0.2, 0.25) is 0 Å². The second-order valence-corrected chi connectivity index (χ2v) is 4.18. The van der Waals surface area contributed by atoms with Crippen LogP contribution in [0.2, 0.25) is 5.15 Å². The second-order valence-electron chi connectivity index (χ2n) is 3.26. The van der Waals surface area contributed by atoms with E-state index >= 15 is 0 Å². The summed E-state index contributed by atoms with van der Waals surface area (Å²) in [5.74, 6) is -0.294. The lowest BCUT2D eigenvalue weighted by Crippen LogP contribution is -1.91. The molecule has 0 aliphatic carbocycles. The van der Waals surface area contributed by atoms with Crippen LogP contribution in [-0.2, 0) is 5.33 Å². The molecule has 1 nitrogen and oxygen atoms in total. The van der Waals surface area contributed by atoms with Gasteiger partial charge in [0, 0.05) is 16.5 Å². The highest BCUT2D eigenvalue weighted by Crippen LogP contribution is 2.24. The molecule has 1 aromatic carbocycles. The third-order valence-corrected chi connectivity index (χ3v) is 3.15. The molecule has 0 N–H and O–H groups in total. The molecule has 1 aromatic heterocycles. The van der Waals surface area contributed by atoms with Gasteiger partial charge in [-0.05, 0) is 18.2 Å². The fourth-order valence-electron chi connectivity index (χ4n) is 1.38. The van der Waals surface area contributed by atoms with E-state index in [1.165, 1.54) is 6.07 Å². The fourth-order valence-corrected chi connectivity index (χ4v) is 2.22. The van der Waals surface area contributed by atoms with E-state index in [2.05, 4.69) is 20.9 Å². The number of pyridine rings is 1. The number of hydrogen-bond donors (Lipinski definition) is 0. The highest BCUT2D eigenvalue weighted by Gasteiger charge is 2.07. The van der Waals surface area contributed by atoms with E-state index in [1.807, 2.05) is 6.07 Å². The van der Waals surface area contributed by atoms with Gasteiger partial charge in [-0.25, -0.2) is 9.37 Å². The third kappa shape index (κ3) is 2.25. The quantitative estimate of drug-likeness (QED) is 0.590. The van der Waals surface area contributed by atoms with Crippen molar-refractivity contribution in [2.45, 2.75) is 5.33 Å². The molecule has 2 aromatic rings. The van der Waals surface area contributed by atoms with Gasteiger partial charge >= 0.3 is 0 Å². The van der Waals surface area contributed by atoms with E-state index < -0.39 is 0 Å². The van der Waals surface area contributed by atoms with E-state index in [0.717, 1.165) is 5.56 Å². The van der Waals surface area contributed by atoms with E-state index in [0.29, 0.717) is 21.7 Å². The van der Waals surface area contributed by atoms with Gasteiger partial charge in [-0.2, -0.15) is 0 Å². The van der Waals surface area contributed by atoms with Crippen molar-refractivity contribution in [2.24, 2.45) is 0 Å². The van der Waals surface area contributed by atoms with Gasteiger partial charge in [0.05, 0.1) is 5.69 Å². The first kappa shape index (κ1) is 11.6. The SMILES string of the molecule is Fc1ccccc1-c1ccc(CBr)c(Cl)n1. The molecule has 82 valence electrons. The summed E-state index contributed by atoms with van der Waals surface area (Å²) in [5, 5.41) is 1.04. The Hall–Kier alpha value is -0.930. The van der Waals surface area contributed by atoms with Crippen LogP contribution in [0.25, 0.3) is 11.3 Å². The molecule has 2 rings (SSSR count). The zero-order valence-electron chi connectivity index (χ0n) is 8.25. The Labute approximate surface area is 106 Å². The molecule has 0 bridgehead atoms. The van der Waals surface area contributed by atoms with Crippen molar-refractivity contribution in [1.29, 1.82) is 0 Å². The third-order valence-electron chi connectivity index (χ3n) is 2.22. The van der Waals surface area contributed by atoms with Crippen LogP contribution in [0.1, 0.15) is 5.56 Å². The van der Waals surface area contributed by atoms with Crippen LogP contribution >= 0.6 is 27.5 Å². The predicted octanol–water partition coefficient (Wildman–Crippen LogP) is 4.44. The summed E-state index contributed by atoms with van der Waals surface area (Å²) < 4.78 is 13.5. The van der Waals surface area contributed by atoms with E-state index in [-0.39, 0.29) is 5.82 Å². The summed E-state index contributed by atoms with van der Waals surface area (Å²) in [6.45, 7) is 0. The molecule has 4 heteroatoms. The van der Waals surface area contributed by atoms with Gasteiger partial charge in [-0.15, -0.1) is 0 Å². The molecular weight excluding hydrogens is 292 g/mol. The summed E-state index contributed by atoms with van der Waals surface area (Å²) in [5.41, 5.74) is 1.90. The Balaban J connectivity index is 2.50. The summed E-state index contributed by atoms with van der Waals surface area (Å²) in [4.78, 5) is 4.17. The van der Waals surface area contributed by atoms with Gasteiger partial charge in [0.15, 0.2) is 0 Å². The zero-order chi connectivity index (χ0) is 11.5. The summed E-state index contributed by atoms with van der Waals surface area (Å²) >= 11 is 9.27. The number of aromatic nitrogens is 1. The minimum atomic E-state index is -0.294. The molecule has 0 fully saturated rings. The van der Waals surface area contributed by atoms with Gasteiger partial charge in [0.25, 0.3) is 0 Å². The molecule has 0 saturated carbocycles. The van der Waals surface area contributed by atoms with Gasteiger partial charge in [-0.3, -0.25) is 0 Å². The van der Waals surface area contributed by atoms with Crippen LogP contribution in [0, 0.1) is 5.82 Å². The van der Waals surface area contributed by atoms with Gasteiger partial charge < -0.3 is 0 Å². The van der Waals surface area contributed by atoms with Gasteiger partial charge in [-0.1, -0.05) is 45.7 Å². The first-order valence-corrected chi connectivity index (χ1v) is 6.18. The lowest BCUT2D eigenvalue weighted by molar-refractivity contribution is 0.630. The maximum atomic E-state index is 13.5. The lowest BCUT2D eigenvalue weighted by Gasteiger charge is -2.05.